The van der Waals surface area contributed by atoms with Crippen molar-refractivity contribution in [3.05, 3.63) is 77.9 Å². The van der Waals surface area contributed by atoms with Gasteiger partial charge < -0.3 is 15.5 Å². The highest BCUT2D eigenvalue weighted by Crippen LogP contribution is 2.27. The Bertz CT molecular complexity index is 1100. The summed E-state index contributed by atoms with van der Waals surface area (Å²) < 4.78 is 5.83. The smallest absolute Gasteiger partial charge is 0.255 e. The molecule has 4 rings (SSSR count). The van der Waals surface area contributed by atoms with Gasteiger partial charge in [0.15, 0.2) is 5.58 Å². The molecule has 0 aliphatic rings. The van der Waals surface area contributed by atoms with Crippen LogP contribution < -0.4 is 11.1 Å². The second-order valence-corrected chi connectivity index (χ2v) is 6.15. The maximum absolute atomic E-state index is 12.4. The summed E-state index contributed by atoms with van der Waals surface area (Å²) in [6.45, 7) is 2.02. The van der Waals surface area contributed by atoms with E-state index in [4.69, 9.17) is 10.2 Å². The van der Waals surface area contributed by atoms with Crippen molar-refractivity contribution in [2.75, 3.05) is 11.1 Å². The zero-order valence-electron chi connectivity index (χ0n) is 14.2. The van der Waals surface area contributed by atoms with Gasteiger partial charge in [-0.2, -0.15) is 0 Å². The first-order valence-corrected chi connectivity index (χ1v) is 8.23. The maximum Gasteiger partial charge on any atom is 0.255 e. The lowest BCUT2D eigenvalue weighted by atomic mass is 10.1. The van der Waals surface area contributed by atoms with Gasteiger partial charge in [-0.25, -0.2) is 4.98 Å². The maximum atomic E-state index is 12.4. The van der Waals surface area contributed by atoms with E-state index < -0.39 is 0 Å². The molecule has 1 heterocycles. The summed E-state index contributed by atoms with van der Waals surface area (Å²) in [6.07, 6.45) is 0. The van der Waals surface area contributed by atoms with Crippen molar-refractivity contribution in [2.45, 2.75) is 6.92 Å². The number of amides is 1. The van der Waals surface area contributed by atoms with Crippen molar-refractivity contribution in [1.82, 2.24) is 4.98 Å². The molecule has 1 aromatic heterocycles. The molecule has 0 aliphatic heterocycles. The van der Waals surface area contributed by atoms with Crippen LogP contribution in [-0.4, -0.2) is 10.9 Å². The first kappa shape index (κ1) is 15.9. The summed E-state index contributed by atoms with van der Waals surface area (Å²) in [5.41, 5.74) is 11.0. The molecule has 0 atom stereocenters. The number of anilines is 2. The van der Waals surface area contributed by atoms with Gasteiger partial charge in [0.25, 0.3) is 5.91 Å². The highest BCUT2D eigenvalue weighted by molar-refractivity contribution is 6.04. The quantitative estimate of drug-likeness (QED) is 0.531. The molecule has 4 aromatic rings. The monoisotopic (exact) mass is 343 g/mol. The standard InChI is InChI=1S/C21H17N3O2/c1-13-5-10-19-18(11-13)24-21(26-19)15-3-2-4-17(12-15)23-20(25)14-6-8-16(22)9-7-14/h2-12H,22H2,1H3,(H,23,25). The number of hydrogen-bond donors (Lipinski definition) is 2. The van der Waals surface area contributed by atoms with E-state index >= 15 is 0 Å². The van der Waals surface area contributed by atoms with Crippen LogP contribution in [0, 0.1) is 6.92 Å². The van der Waals surface area contributed by atoms with Crippen molar-refractivity contribution in [3.8, 4) is 11.5 Å². The number of fused-ring (bicyclic) bond motifs is 1. The van der Waals surface area contributed by atoms with Crippen molar-refractivity contribution < 1.29 is 9.21 Å². The Hall–Kier alpha value is -3.60. The molecule has 128 valence electrons. The van der Waals surface area contributed by atoms with Crippen LogP contribution in [0.3, 0.4) is 0 Å². The van der Waals surface area contributed by atoms with Gasteiger partial charge >= 0.3 is 0 Å². The van der Waals surface area contributed by atoms with Crippen LogP contribution in [0.15, 0.2) is 71.1 Å². The number of carbonyl (C=O) groups is 1. The molecule has 1 amide bonds. The number of rotatable bonds is 3. The summed E-state index contributed by atoms with van der Waals surface area (Å²) in [5.74, 6) is 0.324. The van der Waals surface area contributed by atoms with E-state index in [1.807, 2.05) is 49.4 Å². The molecule has 3 N–H and O–H groups in total. The van der Waals surface area contributed by atoms with E-state index in [0.717, 1.165) is 22.2 Å². The molecular formula is C21H17N3O2. The lowest BCUT2D eigenvalue weighted by molar-refractivity contribution is 0.102. The van der Waals surface area contributed by atoms with Crippen LogP contribution in [-0.2, 0) is 0 Å². The average Bonchev–Trinajstić information content (AvgIpc) is 3.05. The van der Waals surface area contributed by atoms with E-state index in [0.29, 0.717) is 22.8 Å². The predicted molar refractivity (Wildman–Crippen MR) is 103 cm³/mol. The number of carbonyl (C=O) groups excluding carboxylic acids is 1. The molecule has 0 saturated carbocycles. The summed E-state index contributed by atoms with van der Waals surface area (Å²) in [5, 5.41) is 2.88. The minimum atomic E-state index is -0.199. The minimum Gasteiger partial charge on any atom is -0.436 e. The van der Waals surface area contributed by atoms with Crippen molar-refractivity contribution >= 4 is 28.4 Å². The molecule has 0 spiro atoms. The number of aryl methyl sites for hydroxylation is 1. The fourth-order valence-corrected chi connectivity index (χ4v) is 2.73. The summed E-state index contributed by atoms with van der Waals surface area (Å²) in [7, 11) is 0. The number of nitrogens with zero attached hydrogens (tertiary/aromatic N) is 1. The number of benzene rings is 3. The number of oxazole rings is 1. The fraction of sp³-hybridized carbons (Fsp3) is 0.0476. The number of nitrogens with one attached hydrogen (secondary N) is 1. The summed E-state index contributed by atoms with van der Waals surface area (Å²) in [6, 6.07) is 20.1. The van der Waals surface area contributed by atoms with Crippen LogP contribution in [0.1, 0.15) is 15.9 Å². The molecular weight excluding hydrogens is 326 g/mol. The molecule has 5 nitrogen and oxygen atoms in total. The van der Waals surface area contributed by atoms with Crippen LogP contribution in [0.5, 0.6) is 0 Å². The second kappa shape index (κ2) is 6.37. The highest BCUT2D eigenvalue weighted by atomic mass is 16.3. The average molecular weight is 343 g/mol. The largest absolute Gasteiger partial charge is 0.436 e. The normalized spacial score (nSPS) is 10.8. The van der Waals surface area contributed by atoms with E-state index in [9.17, 15) is 4.79 Å². The van der Waals surface area contributed by atoms with Gasteiger partial charge in [0.05, 0.1) is 0 Å². The molecule has 0 bridgehead atoms. The molecule has 26 heavy (non-hydrogen) atoms. The number of aromatic nitrogens is 1. The molecule has 0 saturated heterocycles. The summed E-state index contributed by atoms with van der Waals surface area (Å²) in [4.78, 5) is 16.9. The Kier molecular flexibility index (Phi) is 3.89. The van der Waals surface area contributed by atoms with E-state index in [-0.39, 0.29) is 5.91 Å². The molecule has 0 aliphatic carbocycles. The van der Waals surface area contributed by atoms with Crippen molar-refractivity contribution in [3.63, 3.8) is 0 Å². The van der Waals surface area contributed by atoms with Gasteiger partial charge in [-0.3, -0.25) is 4.79 Å². The number of nitrogens with two attached hydrogens (primary N) is 1. The van der Waals surface area contributed by atoms with Gasteiger partial charge in [0, 0.05) is 22.5 Å². The van der Waals surface area contributed by atoms with Crippen LogP contribution >= 0.6 is 0 Å². The van der Waals surface area contributed by atoms with Gasteiger partial charge in [-0.05, 0) is 67.1 Å². The van der Waals surface area contributed by atoms with Crippen molar-refractivity contribution in [1.29, 1.82) is 0 Å². The van der Waals surface area contributed by atoms with E-state index in [1.165, 1.54) is 0 Å². The first-order valence-electron chi connectivity index (χ1n) is 8.23. The Morgan fingerprint density at radius 2 is 1.85 bits per heavy atom. The Labute approximate surface area is 150 Å². The molecule has 0 fully saturated rings. The summed E-state index contributed by atoms with van der Waals surface area (Å²) >= 11 is 0. The lowest BCUT2D eigenvalue weighted by Crippen LogP contribution is -2.11. The third kappa shape index (κ3) is 3.15. The highest BCUT2D eigenvalue weighted by Gasteiger charge is 2.11. The SMILES string of the molecule is Cc1ccc2oc(-c3cccc(NC(=O)c4ccc(N)cc4)c3)nc2c1. The Morgan fingerprint density at radius 1 is 1.04 bits per heavy atom. The molecule has 0 radical (unpaired) electrons. The third-order valence-electron chi connectivity index (χ3n) is 4.08. The van der Waals surface area contributed by atoms with Gasteiger partial charge in [0.1, 0.15) is 5.52 Å². The van der Waals surface area contributed by atoms with Crippen LogP contribution in [0.2, 0.25) is 0 Å². The zero-order valence-corrected chi connectivity index (χ0v) is 14.2. The minimum absolute atomic E-state index is 0.199. The number of nitrogen functional groups attached to an aromatic ring is 1. The van der Waals surface area contributed by atoms with Crippen molar-refractivity contribution in [2.24, 2.45) is 0 Å². The van der Waals surface area contributed by atoms with E-state index in [2.05, 4.69) is 10.3 Å². The van der Waals surface area contributed by atoms with E-state index in [1.54, 1.807) is 24.3 Å². The van der Waals surface area contributed by atoms with Crippen LogP contribution in [0.25, 0.3) is 22.6 Å². The second-order valence-electron chi connectivity index (χ2n) is 6.15. The molecule has 5 heteroatoms. The molecule has 0 unspecified atom stereocenters. The van der Waals surface area contributed by atoms with Crippen LogP contribution in [0.4, 0.5) is 11.4 Å². The number of hydrogen-bond acceptors (Lipinski definition) is 4. The van der Waals surface area contributed by atoms with Gasteiger partial charge in [-0.15, -0.1) is 0 Å². The first-order chi connectivity index (χ1) is 12.6. The Balaban J connectivity index is 1.61. The zero-order chi connectivity index (χ0) is 18.1. The molecule has 3 aromatic carbocycles. The Morgan fingerprint density at radius 3 is 2.65 bits per heavy atom. The fourth-order valence-electron chi connectivity index (χ4n) is 2.73. The topological polar surface area (TPSA) is 81.2 Å². The third-order valence-corrected chi connectivity index (χ3v) is 4.08. The van der Waals surface area contributed by atoms with Gasteiger partial charge in [0.2, 0.25) is 5.89 Å². The van der Waals surface area contributed by atoms with Gasteiger partial charge in [-0.1, -0.05) is 12.1 Å². The lowest BCUT2D eigenvalue weighted by Gasteiger charge is -2.06. The predicted octanol–water partition coefficient (Wildman–Crippen LogP) is 4.64.